The molecule has 0 saturated carbocycles. The molecule has 6 N–H and O–H groups in total. The number of nitrogen functional groups attached to an aromatic ring is 1. The number of phosphoric acid groups is 2. The molecule has 1 aromatic rings. The first-order valence-electron chi connectivity index (χ1n) is 17.5. The van der Waals surface area contributed by atoms with Gasteiger partial charge in [-0.3, -0.25) is 13.6 Å². The highest BCUT2D eigenvalue weighted by molar-refractivity contribution is 7.99. The second kappa shape index (κ2) is 24.4. The third-order valence-corrected chi connectivity index (χ3v) is 12.0. The van der Waals surface area contributed by atoms with E-state index in [0.29, 0.717) is 5.75 Å². The van der Waals surface area contributed by atoms with Crippen molar-refractivity contribution < 1.29 is 52.0 Å². The Kier molecular flexibility index (Phi) is 22.0. The largest absolute Gasteiger partial charge is 0.483 e. The molecule has 2 unspecified atom stereocenters. The van der Waals surface area contributed by atoms with Crippen LogP contribution in [0, 0.1) is 0 Å². The van der Waals surface area contributed by atoms with Gasteiger partial charge in [-0.25, -0.2) is 13.9 Å². The third kappa shape index (κ3) is 18.4. The van der Waals surface area contributed by atoms with E-state index in [0.717, 1.165) is 23.2 Å². The average molecular weight is 760 g/mol. The number of methoxy groups -OCH3 is 1. The molecule has 0 amide bonds. The number of unbranched alkanes of at least 4 members (excludes halogenated alkanes) is 15. The third-order valence-electron chi connectivity index (χ3n) is 8.26. The van der Waals surface area contributed by atoms with Gasteiger partial charge in [-0.1, -0.05) is 103 Å². The van der Waals surface area contributed by atoms with Crippen LogP contribution in [-0.4, -0.2) is 85.8 Å². The number of hydrogen-bond donors (Lipinski definition) is 5. The Hall–Kier alpha value is -0.870. The van der Waals surface area contributed by atoms with Crippen LogP contribution in [0.5, 0.6) is 0 Å². The predicted octanol–water partition coefficient (Wildman–Crippen LogP) is 5.71. The summed E-state index contributed by atoms with van der Waals surface area (Å²) in [6.07, 6.45) is 15.4. The number of ether oxygens (including phenoxy) is 2. The van der Waals surface area contributed by atoms with Gasteiger partial charge in [0.05, 0.1) is 19.3 Å². The Morgan fingerprint density at radius 3 is 1.98 bits per heavy atom. The Balaban J connectivity index is 1.64. The standard InChI is InChI=1S/C31H59N3O12P2S/c1-3-4-5-6-7-8-9-10-11-12-13-14-15-16-17-18-21-49-24-25(42-2)22-43-48(41,46-47(38,39)40)44-23-26-28(35)29(36)30(45-26)34-20-19-27(32)33-31(34)37/h19-20,25-26,28-30,35-36H,3-18,21-24H2,1-2H3,(H2,32,33,37)(H2,38,39,40)/t25?,26-,28-,29+,30-,48?/m1/s1. The van der Waals surface area contributed by atoms with Crippen molar-refractivity contribution in [1.29, 1.82) is 0 Å². The molecule has 49 heavy (non-hydrogen) atoms. The molecule has 1 aliphatic rings. The fourth-order valence-corrected chi connectivity index (χ4v) is 8.66. The van der Waals surface area contributed by atoms with Crippen LogP contribution >= 0.6 is 27.4 Å². The minimum absolute atomic E-state index is 0.0603. The summed E-state index contributed by atoms with van der Waals surface area (Å²) in [6, 6.07) is 1.29. The highest BCUT2D eigenvalue weighted by Gasteiger charge is 2.46. The number of rotatable bonds is 29. The number of aliphatic hydroxyl groups is 2. The summed E-state index contributed by atoms with van der Waals surface area (Å²) in [7, 11) is -8.84. The molecule has 6 atom stereocenters. The number of nitrogens with zero attached hydrogens (tertiary/aromatic N) is 2. The summed E-state index contributed by atoms with van der Waals surface area (Å²) < 4.78 is 51.2. The number of hydrogen-bond acceptors (Lipinski definition) is 13. The van der Waals surface area contributed by atoms with Gasteiger partial charge in [0.25, 0.3) is 0 Å². The van der Waals surface area contributed by atoms with Crippen molar-refractivity contribution in [2.24, 2.45) is 0 Å². The summed E-state index contributed by atoms with van der Waals surface area (Å²) in [5.74, 6) is 1.29. The summed E-state index contributed by atoms with van der Waals surface area (Å²) in [5.41, 5.74) is 4.63. The van der Waals surface area contributed by atoms with E-state index >= 15 is 0 Å². The van der Waals surface area contributed by atoms with Crippen molar-refractivity contribution in [1.82, 2.24) is 9.55 Å². The summed E-state index contributed by atoms with van der Waals surface area (Å²) >= 11 is 1.62. The fraction of sp³-hybridized carbons (Fsp3) is 0.871. The molecular formula is C31H59N3O12P2S. The van der Waals surface area contributed by atoms with Gasteiger partial charge >= 0.3 is 21.3 Å². The summed E-state index contributed by atoms with van der Waals surface area (Å²) in [4.78, 5) is 34.3. The zero-order chi connectivity index (χ0) is 36.1. The van der Waals surface area contributed by atoms with Gasteiger partial charge < -0.3 is 35.2 Å². The van der Waals surface area contributed by atoms with Crippen molar-refractivity contribution >= 4 is 33.2 Å². The van der Waals surface area contributed by atoms with Gasteiger partial charge in [0, 0.05) is 19.1 Å². The zero-order valence-corrected chi connectivity index (χ0v) is 31.6. The van der Waals surface area contributed by atoms with E-state index in [4.69, 9.17) is 24.3 Å². The lowest BCUT2D eigenvalue weighted by molar-refractivity contribution is -0.0559. The van der Waals surface area contributed by atoms with Crippen molar-refractivity contribution in [3.05, 3.63) is 22.7 Å². The smallest absolute Gasteiger partial charge is 0.387 e. The van der Waals surface area contributed by atoms with E-state index in [9.17, 15) is 33.9 Å². The Bertz CT molecular complexity index is 1190. The van der Waals surface area contributed by atoms with E-state index in [1.54, 1.807) is 11.8 Å². The summed E-state index contributed by atoms with van der Waals surface area (Å²) in [5, 5.41) is 20.9. The number of phosphoric ester groups is 1. The summed E-state index contributed by atoms with van der Waals surface area (Å²) in [6.45, 7) is 1.11. The number of anilines is 1. The minimum Gasteiger partial charge on any atom is -0.387 e. The van der Waals surface area contributed by atoms with Crippen LogP contribution in [0.15, 0.2) is 17.1 Å². The zero-order valence-electron chi connectivity index (χ0n) is 29.0. The van der Waals surface area contributed by atoms with E-state index < -0.39 is 58.6 Å². The molecule has 1 saturated heterocycles. The van der Waals surface area contributed by atoms with E-state index in [2.05, 4.69) is 16.2 Å². The molecule has 0 aliphatic carbocycles. The van der Waals surface area contributed by atoms with E-state index in [1.807, 2.05) is 0 Å². The number of aromatic nitrogens is 2. The van der Waals surface area contributed by atoms with Crippen LogP contribution in [0.3, 0.4) is 0 Å². The fourth-order valence-electron chi connectivity index (χ4n) is 5.42. The highest BCUT2D eigenvalue weighted by Crippen LogP contribution is 2.61. The van der Waals surface area contributed by atoms with Gasteiger partial charge in [-0.15, -0.1) is 0 Å². The van der Waals surface area contributed by atoms with Gasteiger partial charge in [-0.2, -0.15) is 21.1 Å². The van der Waals surface area contributed by atoms with Crippen molar-refractivity contribution in [3.8, 4) is 0 Å². The van der Waals surface area contributed by atoms with Crippen LogP contribution in [0.4, 0.5) is 5.82 Å². The molecule has 1 aliphatic heterocycles. The van der Waals surface area contributed by atoms with Gasteiger partial charge in [0.2, 0.25) is 0 Å². The first-order valence-corrected chi connectivity index (χ1v) is 21.7. The Morgan fingerprint density at radius 1 is 0.918 bits per heavy atom. The molecule has 0 radical (unpaired) electrons. The van der Waals surface area contributed by atoms with Crippen molar-refractivity contribution in [2.75, 3.05) is 37.6 Å². The molecule has 0 bridgehead atoms. The highest BCUT2D eigenvalue weighted by atomic mass is 32.2. The molecule has 1 fully saturated rings. The maximum Gasteiger partial charge on any atom is 0.483 e. The van der Waals surface area contributed by atoms with Crippen molar-refractivity contribution in [3.63, 3.8) is 0 Å². The SMILES string of the molecule is CCCCCCCCCCCCCCCCCCSCC(COP(=O)(OC[C@H]1O[C@@H](n2ccc(N)nc2=O)[C@@H](O)[C@@H]1O)OP(=O)(O)O)OC. The Morgan fingerprint density at radius 2 is 1.47 bits per heavy atom. The molecule has 1 aromatic heterocycles. The van der Waals surface area contributed by atoms with E-state index in [1.165, 1.54) is 109 Å². The molecule has 286 valence electrons. The van der Waals surface area contributed by atoms with E-state index in [-0.39, 0.29) is 12.4 Å². The number of nitrogens with two attached hydrogens (primary N) is 1. The van der Waals surface area contributed by atoms with Crippen LogP contribution in [0.2, 0.25) is 0 Å². The second-order valence-electron chi connectivity index (χ2n) is 12.4. The van der Waals surface area contributed by atoms with Gasteiger partial charge in [0.1, 0.15) is 24.1 Å². The van der Waals surface area contributed by atoms with Crippen molar-refractivity contribution in [2.45, 2.75) is 140 Å². The van der Waals surface area contributed by atoms with Crippen LogP contribution in [0.25, 0.3) is 0 Å². The number of thioether (sulfide) groups is 1. The maximum atomic E-state index is 13.2. The molecule has 2 rings (SSSR count). The molecule has 2 heterocycles. The molecule has 0 spiro atoms. The maximum absolute atomic E-state index is 13.2. The Labute approximate surface area is 294 Å². The van der Waals surface area contributed by atoms with Crippen LogP contribution in [-0.2, 0) is 32.0 Å². The minimum atomic E-state index is -5.35. The van der Waals surface area contributed by atoms with Gasteiger partial charge in [0.15, 0.2) is 6.23 Å². The number of aliphatic hydroxyl groups excluding tert-OH is 2. The van der Waals surface area contributed by atoms with Crippen LogP contribution < -0.4 is 11.4 Å². The second-order valence-corrected chi connectivity index (χ2v) is 16.6. The molecular weight excluding hydrogens is 700 g/mol. The molecule has 0 aromatic carbocycles. The first kappa shape index (κ1) is 44.3. The monoisotopic (exact) mass is 759 g/mol. The lowest BCUT2D eigenvalue weighted by Crippen LogP contribution is -2.36. The lowest BCUT2D eigenvalue weighted by Gasteiger charge is -2.23. The normalized spacial score (nSPS) is 21.6. The molecule has 18 heteroatoms. The van der Waals surface area contributed by atoms with Gasteiger partial charge in [-0.05, 0) is 18.2 Å². The average Bonchev–Trinajstić information content (AvgIpc) is 3.32. The topological polar surface area (TPSA) is 222 Å². The predicted molar refractivity (Wildman–Crippen MR) is 189 cm³/mol. The lowest BCUT2D eigenvalue weighted by atomic mass is 10.0. The van der Waals surface area contributed by atoms with Crippen LogP contribution in [0.1, 0.15) is 116 Å². The first-order chi connectivity index (χ1) is 23.4. The quantitative estimate of drug-likeness (QED) is 0.0488. The molecule has 15 nitrogen and oxygen atoms in total.